The Balaban J connectivity index is 1.54. The third kappa shape index (κ3) is 3.14. The molecule has 29 heavy (non-hydrogen) atoms. The average molecular weight is 420 g/mol. The molecule has 9 heteroatoms. The van der Waals surface area contributed by atoms with Crippen molar-refractivity contribution in [3.8, 4) is 11.4 Å². The zero-order valence-corrected chi connectivity index (χ0v) is 16.3. The van der Waals surface area contributed by atoms with Crippen LogP contribution in [0.1, 0.15) is 25.7 Å². The molecule has 3 N–H and O–H groups in total. The van der Waals surface area contributed by atoms with Gasteiger partial charge in [-0.1, -0.05) is 11.6 Å². The zero-order valence-electron chi connectivity index (χ0n) is 15.5. The Morgan fingerprint density at radius 3 is 2.66 bits per heavy atom. The molecule has 3 aromatic rings. The van der Waals surface area contributed by atoms with Gasteiger partial charge in [-0.05, 0) is 43.6 Å². The first-order valence-electron chi connectivity index (χ1n) is 9.78. The van der Waals surface area contributed by atoms with Gasteiger partial charge in [-0.15, -0.1) is 0 Å². The highest BCUT2D eigenvalue weighted by atomic mass is 35.5. The van der Waals surface area contributed by atoms with Crippen molar-refractivity contribution in [2.24, 2.45) is 17.8 Å². The van der Waals surface area contributed by atoms with Crippen molar-refractivity contribution in [3.05, 3.63) is 35.0 Å². The molecule has 3 saturated carbocycles. The van der Waals surface area contributed by atoms with Gasteiger partial charge in [0.2, 0.25) is 0 Å². The molecule has 0 aliphatic heterocycles. The van der Waals surface area contributed by atoms with Crippen molar-refractivity contribution in [3.63, 3.8) is 0 Å². The molecule has 0 radical (unpaired) electrons. The SMILES string of the molecule is OCC1C2CCC(CC2)C1Nc1nc(-c2[nH]nc3ncc(Cl)cc23)c(F)cc1F. The predicted molar refractivity (Wildman–Crippen MR) is 105 cm³/mol. The van der Waals surface area contributed by atoms with E-state index in [2.05, 4.69) is 25.5 Å². The van der Waals surface area contributed by atoms with Crippen molar-refractivity contribution in [2.45, 2.75) is 31.7 Å². The van der Waals surface area contributed by atoms with Crippen LogP contribution >= 0.6 is 11.6 Å². The summed E-state index contributed by atoms with van der Waals surface area (Å²) in [7, 11) is 0. The maximum absolute atomic E-state index is 14.6. The fraction of sp³-hybridized carbons (Fsp3) is 0.450. The van der Waals surface area contributed by atoms with E-state index in [0.29, 0.717) is 33.6 Å². The van der Waals surface area contributed by atoms with Crippen LogP contribution in [-0.4, -0.2) is 37.9 Å². The number of halogens is 3. The molecule has 2 atom stereocenters. The summed E-state index contributed by atoms with van der Waals surface area (Å²) in [5, 5.41) is 20.7. The smallest absolute Gasteiger partial charge is 0.181 e. The number of anilines is 1. The first kappa shape index (κ1) is 18.7. The minimum atomic E-state index is -0.803. The summed E-state index contributed by atoms with van der Waals surface area (Å²) in [6.45, 7) is 0.0455. The number of aliphatic hydroxyl groups is 1. The third-order valence-corrected chi connectivity index (χ3v) is 6.65. The van der Waals surface area contributed by atoms with Crippen molar-refractivity contribution >= 4 is 28.5 Å². The summed E-state index contributed by atoms with van der Waals surface area (Å²) in [6, 6.07) is 2.36. The normalized spacial score (nSPS) is 26.2. The second kappa shape index (κ2) is 7.18. The fourth-order valence-corrected chi connectivity index (χ4v) is 5.18. The second-order valence-electron chi connectivity index (χ2n) is 7.96. The lowest BCUT2D eigenvalue weighted by Crippen LogP contribution is -2.49. The molecule has 3 heterocycles. The number of nitrogens with one attached hydrogen (secondary N) is 2. The molecular formula is C20H20ClF2N5O. The lowest BCUT2D eigenvalue weighted by Gasteiger charge is -2.48. The van der Waals surface area contributed by atoms with Gasteiger partial charge in [-0.3, -0.25) is 5.10 Å². The molecule has 2 bridgehead atoms. The summed E-state index contributed by atoms with van der Waals surface area (Å²) in [4.78, 5) is 8.35. The summed E-state index contributed by atoms with van der Waals surface area (Å²) >= 11 is 6.01. The summed E-state index contributed by atoms with van der Waals surface area (Å²) < 4.78 is 29.2. The number of pyridine rings is 2. The minimum Gasteiger partial charge on any atom is -0.396 e. The zero-order chi connectivity index (χ0) is 20.1. The number of hydrogen-bond donors (Lipinski definition) is 3. The maximum atomic E-state index is 14.6. The van der Waals surface area contributed by atoms with Gasteiger partial charge in [0.05, 0.1) is 10.7 Å². The quantitative estimate of drug-likeness (QED) is 0.591. The van der Waals surface area contributed by atoms with Gasteiger partial charge in [-0.2, -0.15) is 5.10 Å². The number of rotatable bonds is 4. The van der Waals surface area contributed by atoms with Gasteiger partial charge in [0.25, 0.3) is 0 Å². The Morgan fingerprint density at radius 2 is 1.90 bits per heavy atom. The highest BCUT2D eigenvalue weighted by Crippen LogP contribution is 2.46. The van der Waals surface area contributed by atoms with Gasteiger partial charge in [-0.25, -0.2) is 18.7 Å². The van der Waals surface area contributed by atoms with E-state index in [1.54, 1.807) is 6.07 Å². The number of nitrogens with zero attached hydrogens (tertiary/aromatic N) is 3. The number of hydrogen-bond acceptors (Lipinski definition) is 5. The Labute approximate surface area is 170 Å². The monoisotopic (exact) mass is 419 g/mol. The topological polar surface area (TPSA) is 86.7 Å². The lowest BCUT2D eigenvalue weighted by atomic mass is 9.62. The summed E-state index contributed by atoms with van der Waals surface area (Å²) in [5.41, 5.74) is 0.607. The van der Waals surface area contributed by atoms with Crippen LogP contribution < -0.4 is 5.32 Å². The predicted octanol–water partition coefficient (Wildman–Crippen LogP) is 4.16. The Bertz CT molecular complexity index is 1070. The molecule has 0 amide bonds. The summed E-state index contributed by atoms with van der Waals surface area (Å²) in [5.74, 6) is -0.756. The number of H-pyrrole nitrogens is 1. The molecule has 0 aromatic carbocycles. The highest BCUT2D eigenvalue weighted by molar-refractivity contribution is 6.31. The number of aromatic amines is 1. The van der Waals surface area contributed by atoms with Crippen LogP contribution in [0.4, 0.5) is 14.6 Å². The number of aliphatic hydroxyl groups excluding tert-OH is 1. The molecule has 0 spiro atoms. The molecule has 2 unspecified atom stereocenters. The first-order valence-corrected chi connectivity index (χ1v) is 10.2. The maximum Gasteiger partial charge on any atom is 0.181 e. The van der Waals surface area contributed by atoms with Crippen LogP contribution in [0, 0.1) is 29.4 Å². The molecule has 6 rings (SSSR count). The molecule has 3 aliphatic carbocycles. The van der Waals surface area contributed by atoms with Gasteiger partial charge in [0, 0.05) is 36.2 Å². The number of aromatic nitrogens is 4. The van der Waals surface area contributed by atoms with E-state index in [4.69, 9.17) is 11.6 Å². The Kier molecular flexibility index (Phi) is 4.63. The van der Waals surface area contributed by atoms with E-state index in [9.17, 15) is 13.9 Å². The van der Waals surface area contributed by atoms with Gasteiger partial charge in [0.15, 0.2) is 23.1 Å². The van der Waals surface area contributed by atoms with E-state index in [1.165, 1.54) is 6.20 Å². The van der Waals surface area contributed by atoms with E-state index >= 15 is 0 Å². The van der Waals surface area contributed by atoms with E-state index in [-0.39, 0.29) is 30.1 Å². The van der Waals surface area contributed by atoms with E-state index in [0.717, 1.165) is 31.7 Å². The van der Waals surface area contributed by atoms with Gasteiger partial charge >= 0.3 is 0 Å². The summed E-state index contributed by atoms with van der Waals surface area (Å²) in [6.07, 6.45) is 5.72. The molecule has 3 aliphatic rings. The average Bonchev–Trinajstić information content (AvgIpc) is 3.13. The van der Waals surface area contributed by atoms with Crippen molar-refractivity contribution < 1.29 is 13.9 Å². The van der Waals surface area contributed by atoms with E-state index < -0.39 is 11.6 Å². The van der Waals surface area contributed by atoms with Crippen molar-refractivity contribution in [2.75, 3.05) is 11.9 Å². The van der Waals surface area contributed by atoms with Crippen LogP contribution in [0.3, 0.4) is 0 Å². The Hall–Kier alpha value is -2.32. The van der Waals surface area contributed by atoms with Crippen LogP contribution in [-0.2, 0) is 0 Å². The van der Waals surface area contributed by atoms with Crippen LogP contribution in [0.2, 0.25) is 5.02 Å². The second-order valence-corrected chi connectivity index (χ2v) is 8.40. The molecule has 3 aromatic heterocycles. The molecular weight excluding hydrogens is 400 g/mol. The largest absolute Gasteiger partial charge is 0.396 e. The number of fused-ring (bicyclic) bond motifs is 4. The van der Waals surface area contributed by atoms with Gasteiger partial charge < -0.3 is 10.4 Å². The molecule has 0 saturated heterocycles. The van der Waals surface area contributed by atoms with Crippen molar-refractivity contribution in [1.29, 1.82) is 0 Å². The van der Waals surface area contributed by atoms with Crippen LogP contribution in [0.15, 0.2) is 18.3 Å². The minimum absolute atomic E-state index is 0.0184. The lowest BCUT2D eigenvalue weighted by molar-refractivity contribution is 0.0393. The molecule has 6 nitrogen and oxygen atoms in total. The van der Waals surface area contributed by atoms with Gasteiger partial charge in [0.1, 0.15) is 5.69 Å². The third-order valence-electron chi connectivity index (χ3n) is 6.45. The first-order chi connectivity index (χ1) is 14.0. The van der Waals surface area contributed by atoms with E-state index in [1.807, 2.05) is 0 Å². The van der Waals surface area contributed by atoms with Crippen LogP contribution in [0.5, 0.6) is 0 Å². The highest BCUT2D eigenvalue weighted by Gasteiger charge is 2.43. The molecule has 3 fully saturated rings. The standard InChI is InChI=1S/C20H20ClF2N5O/c21-11-5-12-17(27-28-19(12)24-7-11)18-14(22)6-15(23)20(26-18)25-16-10-3-1-9(2-4-10)13(16)8-29/h5-7,9-10,13,16,29H,1-4,8H2,(H,25,26)(H,24,27,28). The fourth-order valence-electron chi connectivity index (χ4n) is 5.02. The Morgan fingerprint density at radius 1 is 1.14 bits per heavy atom. The van der Waals surface area contributed by atoms with Crippen molar-refractivity contribution in [1.82, 2.24) is 20.2 Å². The van der Waals surface area contributed by atoms with Crippen LogP contribution in [0.25, 0.3) is 22.4 Å². The molecule has 152 valence electrons.